The predicted molar refractivity (Wildman–Crippen MR) is 81.5 cm³/mol. The molecule has 0 saturated heterocycles. The van der Waals surface area contributed by atoms with Crippen molar-refractivity contribution in [3.05, 3.63) is 23.4 Å². The number of rotatable bonds is 5. The van der Waals surface area contributed by atoms with Crippen molar-refractivity contribution in [1.29, 1.82) is 0 Å². The minimum absolute atomic E-state index is 0.0315. The SMILES string of the molecule is CCCc1cc(C(=O)NCC2CCC(C)C2)cc(N)n1. The zero-order valence-corrected chi connectivity index (χ0v) is 12.5. The van der Waals surface area contributed by atoms with Crippen LogP contribution in [-0.4, -0.2) is 17.4 Å². The maximum absolute atomic E-state index is 12.2. The monoisotopic (exact) mass is 275 g/mol. The minimum Gasteiger partial charge on any atom is -0.384 e. The van der Waals surface area contributed by atoms with Crippen LogP contribution >= 0.6 is 0 Å². The van der Waals surface area contributed by atoms with Crippen molar-refractivity contribution in [2.24, 2.45) is 11.8 Å². The molecule has 1 amide bonds. The lowest BCUT2D eigenvalue weighted by atomic mass is 10.1. The van der Waals surface area contributed by atoms with Gasteiger partial charge in [0.1, 0.15) is 5.82 Å². The van der Waals surface area contributed by atoms with Crippen LogP contribution < -0.4 is 11.1 Å². The number of nitrogens with zero attached hydrogens (tertiary/aromatic N) is 1. The van der Waals surface area contributed by atoms with Crippen LogP contribution in [0.1, 0.15) is 55.6 Å². The number of carbonyl (C=O) groups is 1. The fraction of sp³-hybridized carbons (Fsp3) is 0.625. The third-order valence-electron chi connectivity index (χ3n) is 4.02. The number of nitrogen functional groups attached to an aromatic ring is 1. The van der Waals surface area contributed by atoms with Gasteiger partial charge < -0.3 is 11.1 Å². The van der Waals surface area contributed by atoms with Crippen molar-refractivity contribution < 1.29 is 4.79 Å². The number of aromatic nitrogens is 1. The second kappa shape index (κ2) is 6.73. The van der Waals surface area contributed by atoms with Gasteiger partial charge in [0.2, 0.25) is 0 Å². The molecule has 1 aliphatic rings. The first-order valence-corrected chi connectivity index (χ1v) is 7.63. The summed E-state index contributed by atoms with van der Waals surface area (Å²) in [5, 5.41) is 3.04. The molecule has 3 N–H and O–H groups in total. The van der Waals surface area contributed by atoms with Crippen LogP contribution in [0.3, 0.4) is 0 Å². The largest absolute Gasteiger partial charge is 0.384 e. The van der Waals surface area contributed by atoms with E-state index in [1.807, 2.05) is 6.07 Å². The number of anilines is 1. The summed E-state index contributed by atoms with van der Waals surface area (Å²) in [6.07, 6.45) is 5.58. The van der Waals surface area contributed by atoms with Crippen molar-refractivity contribution in [3.63, 3.8) is 0 Å². The normalized spacial score (nSPS) is 21.9. The summed E-state index contributed by atoms with van der Waals surface area (Å²) in [4.78, 5) is 16.4. The molecule has 0 aliphatic heterocycles. The highest BCUT2D eigenvalue weighted by atomic mass is 16.1. The van der Waals surface area contributed by atoms with E-state index in [1.165, 1.54) is 19.3 Å². The first kappa shape index (κ1) is 14.8. The fourth-order valence-corrected chi connectivity index (χ4v) is 2.98. The topological polar surface area (TPSA) is 68.0 Å². The summed E-state index contributed by atoms with van der Waals surface area (Å²) < 4.78 is 0. The van der Waals surface area contributed by atoms with E-state index in [9.17, 15) is 4.79 Å². The molecule has 0 radical (unpaired) electrons. The summed E-state index contributed by atoms with van der Waals surface area (Å²) in [5.74, 6) is 1.82. The highest BCUT2D eigenvalue weighted by molar-refractivity contribution is 5.94. The Bertz CT molecular complexity index is 473. The lowest BCUT2D eigenvalue weighted by molar-refractivity contribution is 0.0947. The Hall–Kier alpha value is -1.58. The Morgan fingerprint density at radius 2 is 2.25 bits per heavy atom. The van der Waals surface area contributed by atoms with Crippen molar-refractivity contribution in [1.82, 2.24) is 10.3 Å². The van der Waals surface area contributed by atoms with Crippen LogP contribution in [0.5, 0.6) is 0 Å². The molecule has 1 aromatic rings. The lowest BCUT2D eigenvalue weighted by Gasteiger charge is -2.12. The first-order chi connectivity index (χ1) is 9.58. The molecule has 1 heterocycles. The van der Waals surface area contributed by atoms with Crippen LogP contribution in [0.15, 0.2) is 12.1 Å². The van der Waals surface area contributed by atoms with Crippen molar-refractivity contribution in [2.45, 2.75) is 46.0 Å². The maximum atomic E-state index is 12.2. The number of hydrogen-bond acceptors (Lipinski definition) is 3. The second-order valence-corrected chi connectivity index (χ2v) is 6.02. The molecule has 110 valence electrons. The van der Waals surface area contributed by atoms with E-state index in [0.29, 0.717) is 17.3 Å². The van der Waals surface area contributed by atoms with Gasteiger partial charge in [0, 0.05) is 17.8 Å². The van der Waals surface area contributed by atoms with Crippen molar-refractivity contribution in [3.8, 4) is 0 Å². The molecule has 0 aromatic carbocycles. The van der Waals surface area contributed by atoms with Crippen LogP contribution in [0.25, 0.3) is 0 Å². The molecule has 1 fully saturated rings. The number of hydrogen-bond donors (Lipinski definition) is 2. The molecule has 20 heavy (non-hydrogen) atoms. The summed E-state index contributed by atoms with van der Waals surface area (Å²) in [5.41, 5.74) is 7.30. The van der Waals surface area contributed by atoms with Gasteiger partial charge in [0.15, 0.2) is 0 Å². The van der Waals surface area contributed by atoms with Gasteiger partial charge in [-0.15, -0.1) is 0 Å². The number of aryl methyl sites for hydroxylation is 1. The first-order valence-electron chi connectivity index (χ1n) is 7.63. The van der Waals surface area contributed by atoms with Gasteiger partial charge in [-0.25, -0.2) is 4.98 Å². The zero-order chi connectivity index (χ0) is 14.5. The lowest BCUT2D eigenvalue weighted by Crippen LogP contribution is -2.28. The van der Waals surface area contributed by atoms with Crippen molar-refractivity contribution >= 4 is 11.7 Å². The van der Waals surface area contributed by atoms with E-state index in [1.54, 1.807) is 6.07 Å². The number of nitrogens with two attached hydrogens (primary N) is 1. The standard InChI is InChI=1S/C16H25N3O/c1-3-4-14-8-13(9-15(17)19-14)16(20)18-10-12-6-5-11(2)7-12/h8-9,11-12H,3-7,10H2,1-2H3,(H2,17,19)(H,18,20). The average Bonchev–Trinajstić information content (AvgIpc) is 2.81. The predicted octanol–water partition coefficient (Wildman–Crippen LogP) is 2.78. The Morgan fingerprint density at radius 3 is 2.90 bits per heavy atom. The van der Waals surface area contributed by atoms with E-state index in [0.717, 1.165) is 31.0 Å². The molecule has 1 saturated carbocycles. The van der Waals surface area contributed by atoms with Crippen molar-refractivity contribution in [2.75, 3.05) is 12.3 Å². The van der Waals surface area contributed by atoms with E-state index in [2.05, 4.69) is 24.1 Å². The Kier molecular flexibility index (Phi) is 4.99. The van der Waals surface area contributed by atoms with Gasteiger partial charge in [-0.1, -0.05) is 26.7 Å². The van der Waals surface area contributed by atoms with Gasteiger partial charge in [-0.2, -0.15) is 0 Å². The van der Waals surface area contributed by atoms with E-state index in [-0.39, 0.29) is 5.91 Å². The summed E-state index contributed by atoms with van der Waals surface area (Å²) >= 11 is 0. The molecule has 1 aliphatic carbocycles. The van der Waals surface area contributed by atoms with E-state index < -0.39 is 0 Å². The fourth-order valence-electron chi connectivity index (χ4n) is 2.98. The number of carbonyl (C=O) groups excluding carboxylic acids is 1. The smallest absolute Gasteiger partial charge is 0.251 e. The Balaban J connectivity index is 1.94. The molecule has 4 nitrogen and oxygen atoms in total. The van der Waals surface area contributed by atoms with Crippen LogP contribution in [-0.2, 0) is 6.42 Å². The van der Waals surface area contributed by atoms with E-state index >= 15 is 0 Å². The molecule has 0 bridgehead atoms. The highest BCUT2D eigenvalue weighted by Crippen LogP contribution is 2.29. The number of amides is 1. The van der Waals surface area contributed by atoms with E-state index in [4.69, 9.17) is 5.73 Å². The molecule has 1 aromatic heterocycles. The third kappa shape index (κ3) is 3.95. The number of pyridine rings is 1. The van der Waals surface area contributed by atoms with Gasteiger partial charge in [0.25, 0.3) is 5.91 Å². The van der Waals surface area contributed by atoms with Gasteiger partial charge in [-0.05, 0) is 43.2 Å². The van der Waals surface area contributed by atoms with Crippen LogP contribution in [0.4, 0.5) is 5.82 Å². The quantitative estimate of drug-likeness (QED) is 0.868. The molecule has 4 heteroatoms. The van der Waals surface area contributed by atoms with Gasteiger partial charge in [0.05, 0.1) is 0 Å². The molecular weight excluding hydrogens is 250 g/mol. The summed E-state index contributed by atoms with van der Waals surface area (Å²) in [7, 11) is 0. The highest BCUT2D eigenvalue weighted by Gasteiger charge is 2.21. The summed E-state index contributed by atoms with van der Waals surface area (Å²) in [6.45, 7) is 5.14. The third-order valence-corrected chi connectivity index (χ3v) is 4.02. The average molecular weight is 275 g/mol. The molecule has 0 spiro atoms. The molecule has 2 unspecified atom stereocenters. The van der Waals surface area contributed by atoms with Gasteiger partial charge in [-0.3, -0.25) is 4.79 Å². The molecule has 2 atom stereocenters. The number of nitrogens with one attached hydrogen (secondary N) is 1. The molecule has 2 rings (SSSR count). The molecular formula is C16H25N3O. The Morgan fingerprint density at radius 1 is 1.45 bits per heavy atom. The second-order valence-electron chi connectivity index (χ2n) is 6.02. The Labute approximate surface area is 121 Å². The summed E-state index contributed by atoms with van der Waals surface area (Å²) in [6, 6.07) is 3.51. The van der Waals surface area contributed by atoms with Crippen LogP contribution in [0.2, 0.25) is 0 Å². The maximum Gasteiger partial charge on any atom is 0.251 e. The van der Waals surface area contributed by atoms with Gasteiger partial charge >= 0.3 is 0 Å². The minimum atomic E-state index is -0.0315. The zero-order valence-electron chi connectivity index (χ0n) is 12.5. The van der Waals surface area contributed by atoms with Crippen LogP contribution in [0, 0.1) is 11.8 Å².